The number of benzene rings is 3. The number of aryl methyl sites for hydroxylation is 1. The normalized spacial score (nSPS) is 15.9. The Morgan fingerprint density at radius 1 is 1.02 bits per heavy atom. The van der Waals surface area contributed by atoms with Gasteiger partial charge in [0.1, 0.15) is 18.1 Å². The van der Waals surface area contributed by atoms with Gasteiger partial charge in [0.05, 0.1) is 11.6 Å². The van der Waals surface area contributed by atoms with Crippen molar-refractivity contribution in [2.75, 3.05) is 4.90 Å². The lowest BCUT2D eigenvalue weighted by Crippen LogP contribution is -2.29. The number of aromatic nitrogens is 3. The zero-order valence-electron chi connectivity index (χ0n) is 23.7. The molecular weight excluding hydrogens is 651 g/mol. The Balaban J connectivity index is 1.28. The Morgan fingerprint density at radius 2 is 1.84 bits per heavy atom. The number of aliphatic hydroxyl groups is 1. The summed E-state index contributed by atoms with van der Waals surface area (Å²) < 4.78 is 6.48. The highest BCUT2D eigenvalue weighted by Crippen LogP contribution is 2.44. The number of thioether (sulfide) groups is 1. The molecule has 1 atom stereocenters. The molecule has 3 heterocycles. The molecule has 1 aliphatic rings. The molecule has 0 bridgehead atoms. The van der Waals surface area contributed by atoms with Crippen LogP contribution in [-0.4, -0.2) is 32.0 Å². The second kappa shape index (κ2) is 13.4. The van der Waals surface area contributed by atoms with E-state index < -0.39 is 17.7 Å². The maximum atomic E-state index is 13.5. The molecule has 1 fully saturated rings. The van der Waals surface area contributed by atoms with Crippen LogP contribution < -0.4 is 9.64 Å². The summed E-state index contributed by atoms with van der Waals surface area (Å²) in [5, 5.41) is 21.2. The molecule has 1 aliphatic heterocycles. The van der Waals surface area contributed by atoms with Crippen LogP contribution in [0.3, 0.4) is 0 Å². The van der Waals surface area contributed by atoms with Gasteiger partial charge in [0.2, 0.25) is 5.13 Å². The summed E-state index contributed by atoms with van der Waals surface area (Å²) in [6, 6.07) is 22.5. The van der Waals surface area contributed by atoms with E-state index in [1.165, 1.54) is 16.7 Å². The van der Waals surface area contributed by atoms with E-state index in [0.29, 0.717) is 43.6 Å². The molecule has 1 amide bonds. The highest BCUT2D eigenvalue weighted by Gasteiger charge is 2.48. The molecule has 2 aromatic heterocycles. The number of carbonyl (C=O) groups excluding carboxylic acids is 2. The van der Waals surface area contributed by atoms with Gasteiger partial charge in [0, 0.05) is 33.8 Å². The molecule has 1 N–H and O–H groups in total. The molecule has 8 nitrogen and oxygen atoms in total. The smallest absolute Gasteiger partial charge is 0.301 e. The third-order valence-electron chi connectivity index (χ3n) is 7.03. The predicted octanol–water partition coefficient (Wildman–Crippen LogP) is 8.05. The van der Waals surface area contributed by atoms with E-state index in [4.69, 9.17) is 27.9 Å². The van der Waals surface area contributed by atoms with E-state index in [9.17, 15) is 14.7 Å². The number of amides is 1. The number of nitrogens with zero attached hydrogens (tertiary/aromatic N) is 4. The third kappa shape index (κ3) is 6.74. The van der Waals surface area contributed by atoms with Crippen LogP contribution in [0.15, 0.2) is 101 Å². The van der Waals surface area contributed by atoms with Gasteiger partial charge in [-0.25, -0.2) is 0 Å². The lowest BCUT2D eigenvalue weighted by molar-refractivity contribution is -0.132. The number of hydrogen-bond acceptors (Lipinski definition) is 9. The number of pyridine rings is 1. The largest absolute Gasteiger partial charge is 0.507 e. The second-order valence-electron chi connectivity index (χ2n) is 10.1. The van der Waals surface area contributed by atoms with Gasteiger partial charge in [0.25, 0.3) is 5.78 Å². The molecule has 3 aromatic carbocycles. The second-order valence-corrected chi connectivity index (χ2v) is 13.2. The summed E-state index contributed by atoms with van der Waals surface area (Å²) in [6.45, 7) is 2.40. The molecule has 0 radical (unpaired) electrons. The van der Waals surface area contributed by atoms with Crippen molar-refractivity contribution >= 4 is 68.9 Å². The van der Waals surface area contributed by atoms with E-state index in [0.717, 1.165) is 28.0 Å². The Hall–Kier alpha value is -4.22. The van der Waals surface area contributed by atoms with E-state index in [1.807, 2.05) is 37.3 Å². The number of Topliss-reactive ketones (excluding diaryl/α,β-unsaturated/α-hetero) is 1. The lowest BCUT2D eigenvalue weighted by Gasteiger charge is -2.22. The third-order valence-corrected chi connectivity index (χ3v) is 9.72. The first-order chi connectivity index (χ1) is 21.8. The van der Waals surface area contributed by atoms with Crippen LogP contribution in [0.4, 0.5) is 5.13 Å². The molecule has 45 heavy (non-hydrogen) atoms. The lowest BCUT2D eigenvalue weighted by atomic mass is 9.96. The van der Waals surface area contributed by atoms with E-state index in [-0.39, 0.29) is 16.5 Å². The molecular formula is C33H24Cl2N4O4S2. The number of hydrogen-bond donors (Lipinski definition) is 1. The van der Waals surface area contributed by atoms with Gasteiger partial charge in [-0.2, -0.15) is 0 Å². The van der Waals surface area contributed by atoms with Crippen molar-refractivity contribution in [2.24, 2.45) is 0 Å². The topological polar surface area (TPSA) is 106 Å². The summed E-state index contributed by atoms with van der Waals surface area (Å²) >= 11 is 14.9. The minimum atomic E-state index is -0.965. The van der Waals surface area contributed by atoms with Crippen LogP contribution in [0.25, 0.3) is 5.76 Å². The number of ketones is 1. The van der Waals surface area contributed by atoms with Gasteiger partial charge >= 0.3 is 5.91 Å². The molecule has 6 rings (SSSR count). The summed E-state index contributed by atoms with van der Waals surface area (Å²) in [7, 11) is 0. The van der Waals surface area contributed by atoms with Crippen LogP contribution in [0.5, 0.6) is 5.75 Å². The minimum absolute atomic E-state index is 0.0706. The summed E-state index contributed by atoms with van der Waals surface area (Å²) in [4.78, 5) is 32.4. The highest BCUT2D eigenvalue weighted by atomic mass is 35.5. The van der Waals surface area contributed by atoms with Crippen molar-refractivity contribution in [1.82, 2.24) is 15.2 Å². The van der Waals surface area contributed by atoms with Crippen LogP contribution in [0, 0.1) is 6.92 Å². The van der Waals surface area contributed by atoms with Crippen molar-refractivity contribution < 1.29 is 19.4 Å². The first-order valence-electron chi connectivity index (χ1n) is 13.7. The number of halogens is 2. The first kappa shape index (κ1) is 30.8. The van der Waals surface area contributed by atoms with Crippen molar-refractivity contribution in [2.45, 2.75) is 29.7 Å². The fourth-order valence-corrected chi connectivity index (χ4v) is 7.28. The Bertz CT molecular complexity index is 1920. The number of aliphatic hydroxyl groups excluding tert-OH is 1. The van der Waals surface area contributed by atoms with Gasteiger partial charge in [-0.1, -0.05) is 88.3 Å². The first-order valence-corrected chi connectivity index (χ1v) is 16.2. The van der Waals surface area contributed by atoms with Crippen LogP contribution >= 0.6 is 46.3 Å². The molecule has 226 valence electrons. The molecule has 0 aliphatic carbocycles. The summed E-state index contributed by atoms with van der Waals surface area (Å²) in [5.74, 6) is -0.877. The van der Waals surface area contributed by atoms with E-state index in [1.54, 1.807) is 60.9 Å². The average molecular weight is 676 g/mol. The van der Waals surface area contributed by atoms with Gasteiger partial charge in [-0.05, 0) is 66.1 Å². The Morgan fingerprint density at radius 3 is 2.58 bits per heavy atom. The van der Waals surface area contributed by atoms with Gasteiger partial charge in [-0.15, -0.1) is 10.2 Å². The number of anilines is 1. The standard InChI is InChI=1S/C33H24Cl2N4O4S2/c1-19-4-2-5-20(14-19)17-43-25-11-8-21(9-12-25)29(40)27-28(22-6-3-13-36-16-22)39(31(42)30(27)41)32-37-38-33(45-32)44-18-23-7-10-24(34)15-26(23)35/h2-16,28,40H,17-18H2,1H3. The van der Waals surface area contributed by atoms with Crippen LogP contribution in [0.1, 0.15) is 33.9 Å². The number of carbonyl (C=O) groups is 2. The average Bonchev–Trinajstić information content (AvgIpc) is 3.61. The van der Waals surface area contributed by atoms with Gasteiger partial charge in [-0.3, -0.25) is 19.5 Å². The van der Waals surface area contributed by atoms with Crippen LogP contribution in [0.2, 0.25) is 10.0 Å². The molecule has 1 unspecified atom stereocenters. The van der Waals surface area contributed by atoms with Crippen molar-refractivity contribution in [3.05, 3.63) is 135 Å². The highest BCUT2D eigenvalue weighted by molar-refractivity contribution is 8.00. The monoisotopic (exact) mass is 674 g/mol. The molecule has 12 heteroatoms. The van der Waals surface area contributed by atoms with Crippen molar-refractivity contribution in [3.8, 4) is 5.75 Å². The predicted molar refractivity (Wildman–Crippen MR) is 177 cm³/mol. The van der Waals surface area contributed by atoms with Gasteiger partial charge < -0.3 is 9.84 Å². The number of ether oxygens (including phenoxy) is 1. The fraction of sp³-hybridized carbons (Fsp3) is 0.121. The zero-order chi connectivity index (χ0) is 31.5. The minimum Gasteiger partial charge on any atom is -0.507 e. The Labute approximate surface area is 277 Å². The molecule has 5 aromatic rings. The maximum Gasteiger partial charge on any atom is 0.301 e. The quantitative estimate of drug-likeness (QED) is 0.0550. The summed E-state index contributed by atoms with van der Waals surface area (Å²) in [6.07, 6.45) is 3.14. The van der Waals surface area contributed by atoms with E-state index in [2.05, 4.69) is 15.2 Å². The van der Waals surface area contributed by atoms with Crippen molar-refractivity contribution in [3.63, 3.8) is 0 Å². The molecule has 0 spiro atoms. The number of rotatable bonds is 9. The molecule has 1 saturated heterocycles. The van der Waals surface area contributed by atoms with Gasteiger partial charge in [0.15, 0.2) is 4.34 Å². The van der Waals surface area contributed by atoms with Crippen LogP contribution in [-0.2, 0) is 21.9 Å². The maximum absolute atomic E-state index is 13.5. The van der Waals surface area contributed by atoms with E-state index >= 15 is 0 Å². The molecule has 0 saturated carbocycles. The SMILES string of the molecule is Cc1cccc(COc2ccc(C(O)=C3C(=O)C(=O)N(c4nnc(SCc5ccc(Cl)cc5Cl)s4)C3c3cccnc3)cc2)c1. The summed E-state index contributed by atoms with van der Waals surface area (Å²) in [5.41, 5.74) is 3.86. The zero-order valence-corrected chi connectivity index (χ0v) is 26.8. The fourth-order valence-electron chi connectivity index (χ4n) is 4.85. The Kier molecular flexibility index (Phi) is 9.18. The van der Waals surface area contributed by atoms with Crippen molar-refractivity contribution in [1.29, 1.82) is 0 Å².